The minimum absolute atomic E-state index is 0.118. The van der Waals surface area contributed by atoms with Gasteiger partial charge in [-0.15, -0.1) is 0 Å². The van der Waals surface area contributed by atoms with Gasteiger partial charge in [-0.2, -0.15) is 10.2 Å². The van der Waals surface area contributed by atoms with E-state index in [1.165, 1.54) is 0 Å². The molecule has 0 saturated heterocycles. The van der Waals surface area contributed by atoms with E-state index in [1.807, 2.05) is 59.5 Å². The molecular formula is C27H22N6O3. The number of nitrogens with zero attached hydrogens (tertiary/aromatic N) is 5. The Hall–Kier alpha value is -4.79. The normalized spacial score (nSPS) is 13.9. The van der Waals surface area contributed by atoms with Crippen molar-refractivity contribution in [2.75, 3.05) is 6.79 Å². The zero-order valence-corrected chi connectivity index (χ0v) is 19.5. The molecule has 9 nitrogen and oxygen atoms in total. The van der Waals surface area contributed by atoms with Gasteiger partial charge in [0.2, 0.25) is 6.79 Å². The lowest BCUT2D eigenvalue weighted by Gasteiger charge is -2.17. The first kappa shape index (κ1) is 20.6. The van der Waals surface area contributed by atoms with E-state index in [2.05, 4.69) is 33.8 Å². The third kappa shape index (κ3) is 3.28. The van der Waals surface area contributed by atoms with Gasteiger partial charge in [0.25, 0.3) is 5.91 Å². The van der Waals surface area contributed by atoms with E-state index < -0.39 is 0 Å². The van der Waals surface area contributed by atoms with Gasteiger partial charge in [-0.1, -0.05) is 12.1 Å². The Morgan fingerprint density at radius 2 is 1.83 bits per heavy atom. The summed E-state index contributed by atoms with van der Waals surface area (Å²) in [5, 5.41) is 12.2. The largest absolute Gasteiger partial charge is 0.454 e. The third-order valence-electron chi connectivity index (χ3n) is 6.59. The molecule has 9 heteroatoms. The number of H-pyrrole nitrogens is 1. The summed E-state index contributed by atoms with van der Waals surface area (Å²) in [6.45, 7) is 3.17. The molecule has 0 fully saturated rings. The number of benzene rings is 2. The third-order valence-corrected chi connectivity index (χ3v) is 6.59. The van der Waals surface area contributed by atoms with E-state index in [9.17, 15) is 4.79 Å². The van der Waals surface area contributed by atoms with Crippen LogP contribution >= 0.6 is 0 Å². The van der Waals surface area contributed by atoms with Crippen molar-refractivity contribution >= 4 is 5.91 Å². The average Bonchev–Trinajstić information content (AvgIpc) is 3.70. The molecule has 2 aromatic carbocycles. The second kappa shape index (κ2) is 7.88. The van der Waals surface area contributed by atoms with E-state index in [0.29, 0.717) is 36.0 Å². The van der Waals surface area contributed by atoms with Crippen molar-refractivity contribution in [1.82, 2.24) is 29.4 Å². The fraction of sp³-hybridized carbons (Fsp3) is 0.148. The number of hydrogen-bond acceptors (Lipinski definition) is 5. The highest BCUT2D eigenvalue weighted by atomic mass is 16.7. The monoisotopic (exact) mass is 478 g/mol. The summed E-state index contributed by atoms with van der Waals surface area (Å²) in [4.78, 5) is 15.2. The minimum atomic E-state index is -0.118. The number of aryl methyl sites for hydroxylation is 1. The Kier molecular flexibility index (Phi) is 4.50. The molecule has 36 heavy (non-hydrogen) atoms. The van der Waals surface area contributed by atoms with Crippen LogP contribution in [0.2, 0.25) is 0 Å². The fourth-order valence-corrected chi connectivity index (χ4v) is 4.83. The number of nitrogens with one attached hydrogen (secondary N) is 1. The molecule has 7 rings (SSSR count). The zero-order chi connectivity index (χ0) is 24.2. The van der Waals surface area contributed by atoms with Gasteiger partial charge >= 0.3 is 0 Å². The molecule has 0 radical (unpaired) electrons. The van der Waals surface area contributed by atoms with Crippen LogP contribution in [0.1, 0.15) is 27.3 Å². The smallest absolute Gasteiger partial charge is 0.272 e. The molecule has 178 valence electrons. The van der Waals surface area contributed by atoms with Gasteiger partial charge in [-0.3, -0.25) is 9.89 Å². The number of carbonyl (C=O) groups is 1. The molecule has 0 spiro atoms. The molecule has 1 amide bonds. The number of rotatable bonds is 4. The van der Waals surface area contributed by atoms with Crippen molar-refractivity contribution in [2.45, 2.75) is 20.0 Å². The van der Waals surface area contributed by atoms with Crippen molar-refractivity contribution in [2.24, 2.45) is 0 Å². The fourth-order valence-electron chi connectivity index (χ4n) is 4.83. The van der Waals surface area contributed by atoms with Gasteiger partial charge in [0.15, 0.2) is 11.5 Å². The number of aromatic amines is 1. The van der Waals surface area contributed by atoms with Crippen molar-refractivity contribution in [1.29, 1.82) is 0 Å². The van der Waals surface area contributed by atoms with Gasteiger partial charge in [0.1, 0.15) is 11.5 Å². The maximum absolute atomic E-state index is 13.4. The van der Waals surface area contributed by atoms with Crippen LogP contribution in [-0.4, -0.2) is 42.1 Å². The molecule has 5 heterocycles. The molecule has 0 bridgehead atoms. The Balaban J connectivity index is 1.18. The Bertz CT molecular complexity index is 1610. The van der Waals surface area contributed by atoms with Crippen LogP contribution in [-0.2, 0) is 13.1 Å². The lowest BCUT2D eigenvalue weighted by molar-refractivity contribution is 0.0743. The van der Waals surface area contributed by atoms with E-state index in [4.69, 9.17) is 14.6 Å². The molecule has 5 aromatic rings. The number of fused-ring (bicyclic) bond motifs is 2. The zero-order valence-electron chi connectivity index (χ0n) is 19.5. The summed E-state index contributed by atoms with van der Waals surface area (Å²) in [5.41, 5.74) is 6.04. The molecular weight excluding hydrogens is 456 g/mol. The topological polar surface area (TPSA) is 90.2 Å². The molecule has 2 aliphatic rings. The highest BCUT2D eigenvalue weighted by molar-refractivity contribution is 5.93. The van der Waals surface area contributed by atoms with Crippen LogP contribution in [0.3, 0.4) is 0 Å². The lowest BCUT2D eigenvalue weighted by Crippen LogP contribution is -2.26. The Morgan fingerprint density at radius 3 is 2.69 bits per heavy atom. The van der Waals surface area contributed by atoms with Gasteiger partial charge in [-0.25, -0.2) is 4.68 Å². The van der Waals surface area contributed by atoms with Gasteiger partial charge in [0.05, 0.1) is 30.2 Å². The highest BCUT2D eigenvalue weighted by Gasteiger charge is 2.32. The van der Waals surface area contributed by atoms with Crippen LogP contribution in [0.25, 0.3) is 22.8 Å². The van der Waals surface area contributed by atoms with Crippen LogP contribution in [0.15, 0.2) is 73.1 Å². The maximum atomic E-state index is 13.4. The van der Waals surface area contributed by atoms with Crippen molar-refractivity contribution in [3.63, 3.8) is 0 Å². The second-order valence-electron chi connectivity index (χ2n) is 8.99. The van der Waals surface area contributed by atoms with E-state index in [1.54, 1.807) is 11.0 Å². The standard InChI is InChI=1S/C27H22N6O3/c1-17-5-4-6-19(11-17)33-26(31-9-2-3-10-31)20-14-32(15-23(20)30-33)27(34)22-13-21(28-29-22)18-7-8-24-25(12-18)36-16-35-24/h2-13H,14-16H2,1H3,(H,28,29). The summed E-state index contributed by atoms with van der Waals surface area (Å²) < 4.78 is 14.9. The molecule has 0 saturated carbocycles. The summed E-state index contributed by atoms with van der Waals surface area (Å²) >= 11 is 0. The number of carbonyl (C=O) groups excluding carboxylic acids is 1. The van der Waals surface area contributed by atoms with Gasteiger partial charge < -0.3 is 18.9 Å². The minimum Gasteiger partial charge on any atom is -0.454 e. The number of amides is 1. The highest BCUT2D eigenvalue weighted by Crippen LogP contribution is 2.36. The number of ether oxygens (including phenoxy) is 2. The van der Waals surface area contributed by atoms with Crippen LogP contribution in [0.5, 0.6) is 11.5 Å². The molecule has 0 unspecified atom stereocenters. The molecule has 1 N–H and O–H groups in total. The van der Waals surface area contributed by atoms with E-state index >= 15 is 0 Å². The molecule has 2 aliphatic heterocycles. The first-order valence-electron chi connectivity index (χ1n) is 11.7. The summed E-state index contributed by atoms with van der Waals surface area (Å²) in [6, 6.07) is 19.6. The Morgan fingerprint density at radius 1 is 0.972 bits per heavy atom. The van der Waals surface area contributed by atoms with Gasteiger partial charge in [0, 0.05) is 23.5 Å². The average molecular weight is 479 g/mol. The quantitative estimate of drug-likeness (QED) is 0.417. The van der Waals surface area contributed by atoms with Crippen molar-refractivity contribution in [3.05, 3.63) is 95.6 Å². The van der Waals surface area contributed by atoms with Crippen LogP contribution in [0.4, 0.5) is 0 Å². The predicted molar refractivity (Wildman–Crippen MR) is 131 cm³/mol. The molecule has 0 aliphatic carbocycles. The van der Waals surface area contributed by atoms with E-state index in [-0.39, 0.29) is 12.7 Å². The summed E-state index contributed by atoms with van der Waals surface area (Å²) in [5.74, 6) is 2.22. The lowest BCUT2D eigenvalue weighted by atomic mass is 10.1. The molecule has 0 atom stereocenters. The SMILES string of the molecule is Cc1cccc(-n2nc3c(c2-n2cccc2)CN(C(=O)c2cc(-c4ccc5c(c4)OCO5)n[nH]2)C3)c1. The van der Waals surface area contributed by atoms with E-state index in [0.717, 1.165) is 33.9 Å². The summed E-state index contributed by atoms with van der Waals surface area (Å²) in [6.07, 6.45) is 4.00. The Labute approximate surface area is 206 Å². The second-order valence-corrected chi connectivity index (χ2v) is 8.99. The number of aromatic nitrogens is 5. The first-order chi connectivity index (χ1) is 17.6. The molecule has 3 aromatic heterocycles. The van der Waals surface area contributed by atoms with Crippen molar-refractivity contribution in [3.8, 4) is 34.3 Å². The van der Waals surface area contributed by atoms with Crippen LogP contribution < -0.4 is 9.47 Å². The first-order valence-corrected chi connectivity index (χ1v) is 11.7. The predicted octanol–water partition coefficient (Wildman–Crippen LogP) is 4.25. The number of hydrogen-bond donors (Lipinski definition) is 1. The summed E-state index contributed by atoms with van der Waals surface area (Å²) in [7, 11) is 0. The maximum Gasteiger partial charge on any atom is 0.272 e. The van der Waals surface area contributed by atoms with Gasteiger partial charge in [-0.05, 0) is 61.0 Å². The van der Waals surface area contributed by atoms with Crippen LogP contribution in [0, 0.1) is 6.92 Å². The van der Waals surface area contributed by atoms with Crippen molar-refractivity contribution < 1.29 is 14.3 Å².